The first kappa shape index (κ1) is 6.19. The van der Waals surface area contributed by atoms with Gasteiger partial charge in [0.2, 0.25) is 0 Å². The molecule has 0 aliphatic rings. The smallest absolute Gasteiger partial charge is 0.275 e. The fourth-order valence-corrected chi connectivity index (χ4v) is 0.494. The Balaban J connectivity index is 2.85. The van der Waals surface area contributed by atoms with Gasteiger partial charge in [0, 0.05) is 19.3 Å². The van der Waals surface area contributed by atoms with E-state index < -0.39 is 6.43 Å². The Bertz CT molecular complexity index is 195. The number of aryl methyl sites for hydroxylation is 1. The zero-order valence-electron chi connectivity index (χ0n) is 4.81. The van der Waals surface area contributed by atoms with Crippen molar-refractivity contribution in [2.75, 3.05) is 0 Å². The SMILES string of the molecule is Cn1c[c]c(C(F)F)n1. The van der Waals surface area contributed by atoms with Crippen LogP contribution in [0.1, 0.15) is 12.1 Å². The van der Waals surface area contributed by atoms with Gasteiger partial charge >= 0.3 is 0 Å². The Hall–Kier alpha value is -0.930. The molecule has 1 rings (SSSR count). The highest BCUT2D eigenvalue weighted by molar-refractivity contribution is 4.96. The summed E-state index contributed by atoms with van der Waals surface area (Å²) in [5.74, 6) is 0. The summed E-state index contributed by atoms with van der Waals surface area (Å²) < 4.78 is 24.6. The van der Waals surface area contributed by atoms with Crippen LogP contribution in [0.5, 0.6) is 0 Å². The highest BCUT2D eigenvalue weighted by atomic mass is 19.3. The Morgan fingerprint density at radius 1 is 1.78 bits per heavy atom. The Kier molecular flexibility index (Phi) is 1.46. The molecule has 0 aliphatic carbocycles. The van der Waals surface area contributed by atoms with Gasteiger partial charge in [0.15, 0.2) is 0 Å². The van der Waals surface area contributed by atoms with Gasteiger partial charge in [-0.3, -0.25) is 4.68 Å². The van der Waals surface area contributed by atoms with E-state index in [2.05, 4.69) is 11.2 Å². The van der Waals surface area contributed by atoms with Crippen molar-refractivity contribution in [3.05, 3.63) is 18.0 Å². The second-order valence-electron chi connectivity index (χ2n) is 1.63. The van der Waals surface area contributed by atoms with Crippen LogP contribution in [0.2, 0.25) is 0 Å². The van der Waals surface area contributed by atoms with Gasteiger partial charge in [-0.25, -0.2) is 8.78 Å². The van der Waals surface area contributed by atoms with Crippen molar-refractivity contribution in [2.24, 2.45) is 7.05 Å². The highest BCUT2D eigenvalue weighted by Crippen LogP contribution is 2.13. The van der Waals surface area contributed by atoms with Crippen molar-refractivity contribution in [1.82, 2.24) is 9.78 Å². The number of hydrogen-bond acceptors (Lipinski definition) is 1. The van der Waals surface area contributed by atoms with E-state index in [4.69, 9.17) is 0 Å². The van der Waals surface area contributed by atoms with Crippen molar-refractivity contribution >= 4 is 0 Å². The summed E-state index contributed by atoms with van der Waals surface area (Å²) in [4.78, 5) is 0. The van der Waals surface area contributed by atoms with E-state index in [0.717, 1.165) is 0 Å². The molecule has 49 valence electrons. The zero-order chi connectivity index (χ0) is 6.85. The molecule has 0 amide bonds. The van der Waals surface area contributed by atoms with Crippen molar-refractivity contribution in [3.8, 4) is 0 Å². The van der Waals surface area contributed by atoms with Crippen LogP contribution in [0.3, 0.4) is 0 Å². The van der Waals surface area contributed by atoms with Crippen LogP contribution in [0.4, 0.5) is 8.78 Å². The lowest BCUT2D eigenvalue weighted by atomic mass is 10.5. The van der Waals surface area contributed by atoms with Crippen molar-refractivity contribution < 1.29 is 8.78 Å². The quantitative estimate of drug-likeness (QED) is 0.559. The fraction of sp³-hybridized carbons (Fsp3) is 0.400. The van der Waals surface area contributed by atoms with Crippen LogP contribution in [0.25, 0.3) is 0 Å². The minimum Gasteiger partial charge on any atom is -0.275 e. The van der Waals surface area contributed by atoms with E-state index >= 15 is 0 Å². The molecule has 0 spiro atoms. The Morgan fingerprint density at radius 2 is 2.44 bits per heavy atom. The molecule has 1 heterocycles. The van der Waals surface area contributed by atoms with E-state index in [9.17, 15) is 8.78 Å². The number of aromatic nitrogens is 2. The van der Waals surface area contributed by atoms with Gasteiger partial charge in [-0.05, 0) is 0 Å². The molecule has 0 fully saturated rings. The molecule has 2 nitrogen and oxygen atoms in total. The predicted octanol–water partition coefficient (Wildman–Crippen LogP) is 1.16. The van der Waals surface area contributed by atoms with Gasteiger partial charge in [-0.15, -0.1) is 0 Å². The summed E-state index contributed by atoms with van der Waals surface area (Å²) in [6.45, 7) is 0. The molecule has 0 aromatic carbocycles. The minimum absolute atomic E-state index is 0.294. The number of alkyl halides is 2. The molecule has 4 heteroatoms. The summed E-state index contributed by atoms with van der Waals surface area (Å²) in [6, 6.07) is 2.31. The van der Waals surface area contributed by atoms with E-state index in [0.29, 0.717) is 0 Å². The molecule has 1 aromatic rings. The molecular weight excluding hydrogens is 126 g/mol. The topological polar surface area (TPSA) is 17.8 Å². The second kappa shape index (κ2) is 2.13. The van der Waals surface area contributed by atoms with Gasteiger partial charge in [0.1, 0.15) is 5.69 Å². The molecule has 0 saturated carbocycles. The standard InChI is InChI=1S/C5H5F2N2/c1-9-3-2-4(8-9)5(6)7/h3,5H,1H3. The molecule has 0 atom stereocenters. The van der Waals surface area contributed by atoms with Crippen LogP contribution in [0.15, 0.2) is 6.20 Å². The molecule has 0 saturated heterocycles. The molecule has 9 heavy (non-hydrogen) atoms. The number of nitrogens with zero attached hydrogens (tertiary/aromatic N) is 2. The first-order chi connectivity index (χ1) is 4.20. The monoisotopic (exact) mass is 131 g/mol. The van der Waals surface area contributed by atoms with Crippen LogP contribution in [-0.4, -0.2) is 9.78 Å². The maximum absolute atomic E-state index is 11.7. The summed E-state index contributed by atoms with van der Waals surface area (Å²) in [5, 5.41) is 3.42. The molecule has 0 unspecified atom stereocenters. The summed E-state index contributed by atoms with van der Waals surface area (Å²) >= 11 is 0. The van der Waals surface area contributed by atoms with Crippen molar-refractivity contribution in [3.63, 3.8) is 0 Å². The van der Waals surface area contributed by atoms with Crippen molar-refractivity contribution in [1.29, 1.82) is 0 Å². The lowest BCUT2D eigenvalue weighted by Crippen LogP contribution is -1.90. The third-order valence-electron chi connectivity index (χ3n) is 0.871. The summed E-state index contributed by atoms with van der Waals surface area (Å²) in [5.41, 5.74) is -0.294. The van der Waals surface area contributed by atoms with Crippen molar-refractivity contribution in [2.45, 2.75) is 6.43 Å². The van der Waals surface area contributed by atoms with E-state index in [1.54, 1.807) is 7.05 Å². The van der Waals surface area contributed by atoms with E-state index in [1.807, 2.05) is 0 Å². The Labute approximate surface area is 51.1 Å². The maximum Gasteiger partial charge on any atom is 0.282 e. The molecule has 0 bridgehead atoms. The molecule has 0 aliphatic heterocycles. The predicted molar refractivity (Wildman–Crippen MR) is 27.0 cm³/mol. The summed E-state index contributed by atoms with van der Waals surface area (Å²) in [6.07, 6.45) is -1.15. The first-order valence-electron chi connectivity index (χ1n) is 2.39. The molecule has 1 aromatic heterocycles. The van der Waals surface area contributed by atoms with Gasteiger partial charge in [0.05, 0.1) is 0 Å². The molecular formula is C5H5F2N2. The average Bonchev–Trinajstić information content (AvgIpc) is 2.14. The molecule has 0 N–H and O–H groups in total. The summed E-state index contributed by atoms with van der Waals surface area (Å²) in [7, 11) is 1.57. The lowest BCUT2D eigenvalue weighted by molar-refractivity contribution is 0.145. The third kappa shape index (κ3) is 1.25. The number of rotatable bonds is 1. The third-order valence-corrected chi connectivity index (χ3v) is 0.871. The molecule has 1 radical (unpaired) electrons. The van der Waals surface area contributed by atoms with Gasteiger partial charge < -0.3 is 0 Å². The van der Waals surface area contributed by atoms with E-state index in [1.165, 1.54) is 10.9 Å². The number of halogens is 2. The minimum atomic E-state index is -2.51. The lowest BCUT2D eigenvalue weighted by Gasteiger charge is -1.88. The van der Waals surface area contributed by atoms with Crippen LogP contribution in [0, 0.1) is 6.07 Å². The maximum atomic E-state index is 11.7. The first-order valence-corrected chi connectivity index (χ1v) is 2.39. The van der Waals surface area contributed by atoms with Crippen LogP contribution in [-0.2, 0) is 7.05 Å². The average molecular weight is 131 g/mol. The number of hydrogen-bond donors (Lipinski definition) is 0. The largest absolute Gasteiger partial charge is 0.282 e. The normalized spacial score (nSPS) is 10.7. The zero-order valence-corrected chi connectivity index (χ0v) is 4.81. The fourth-order valence-electron chi connectivity index (χ4n) is 0.494. The van der Waals surface area contributed by atoms with Crippen LogP contribution >= 0.6 is 0 Å². The Morgan fingerprint density at radius 3 is 2.67 bits per heavy atom. The second-order valence-corrected chi connectivity index (χ2v) is 1.63. The highest BCUT2D eigenvalue weighted by Gasteiger charge is 2.08. The van der Waals surface area contributed by atoms with Gasteiger partial charge in [-0.2, -0.15) is 5.10 Å². The van der Waals surface area contributed by atoms with E-state index in [-0.39, 0.29) is 5.69 Å². The van der Waals surface area contributed by atoms with Gasteiger partial charge in [0.25, 0.3) is 6.43 Å². The van der Waals surface area contributed by atoms with Gasteiger partial charge in [-0.1, -0.05) is 0 Å². The van der Waals surface area contributed by atoms with Crippen LogP contribution < -0.4 is 0 Å².